The number of para-hydroxylation sites is 1. The Morgan fingerprint density at radius 2 is 1.88 bits per heavy atom. The Bertz CT molecular complexity index is 964. The molecule has 0 unspecified atom stereocenters. The molecule has 126 valence electrons. The van der Waals surface area contributed by atoms with E-state index in [0.717, 1.165) is 22.5 Å². The van der Waals surface area contributed by atoms with Crippen LogP contribution in [0.1, 0.15) is 29.2 Å². The van der Waals surface area contributed by atoms with Crippen LogP contribution in [0.4, 0.5) is 5.82 Å². The highest BCUT2D eigenvalue weighted by Gasteiger charge is 2.32. The number of phenolic OH excluding ortho intramolecular Hbond substituents is 2. The van der Waals surface area contributed by atoms with Crippen LogP contribution in [0.3, 0.4) is 0 Å². The summed E-state index contributed by atoms with van der Waals surface area (Å²) in [5.41, 5.74) is 3.37. The number of nitrogens with zero attached hydrogens (tertiary/aromatic N) is 2. The Morgan fingerprint density at radius 3 is 2.60 bits per heavy atom. The number of aromatic hydroxyl groups is 2. The molecule has 6 heteroatoms. The van der Waals surface area contributed by atoms with Crippen molar-refractivity contribution in [3.63, 3.8) is 0 Å². The van der Waals surface area contributed by atoms with E-state index in [0.29, 0.717) is 5.82 Å². The van der Waals surface area contributed by atoms with E-state index >= 15 is 0 Å². The van der Waals surface area contributed by atoms with Crippen molar-refractivity contribution in [2.75, 3.05) is 5.32 Å². The van der Waals surface area contributed by atoms with Crippen molar-refractivity contribution in [1.29, 1.82) is 0 Å². The summed E-state index contributed by atoms with van der Waals surface area (Å²) in [5.74, 6) is -0.0635. The van der Waals surface area contributed by atoms with Gasteiger partial charge in [-0.25, -0.2) is 4.68 Å². The van der Waals surface area contributed by atoms with Crippen molar-refractivity contribution in [3.8, 4) is 17.2 Å². The molecule has 0 saturated carbocycles. The fourth-order valence-corrected chi connectivity index (χ4v) is 3.35. The minimum absolute atomic E-state index is 0.109. The lowest BCUT2D eigenvalue weighted by molar-refractivity contribution is -0.116. The van der Waals surface area contributed by atoms with Crippen LogP contribution in [-0.4, -0.2) is 25.9 Å². The van der Waals surface area contributed by atoms with Crippen molar-refractivity contribution in [2.24, 2.45) is 0 Å². The summed E-state index contributed by atoms with van der Waals surface area (Å²) in [5, 5.41) is 26.9. The fourth-order valence-electron chi connectivity index (χ4n) is 3.35. The lowest BCUT2D eigenvalue weighted by atomic mass is 9.85. The minimum Gasteiger partial charge on any atom is -0.504 e. The number of hydrogen-bond acceptors (Lipinski definition) is 4. The lowest BCUT2D eigenvalue weighted by Gasteiger charge is -2.24. The highest BCUT2D eigenvalue weighted by atomic mass is 16.3. The number of nitrogens with one attached hydrogen (secondary N) is 1. The monoisotopic (exact) mass is 335 g/mol. The van der Waals surface area contributed by atoms with Gasteiger partial charge >= 0.3 is 0 Å². The van der Waals surface area contributed by atoms with Crippen LogP contribution < -0.4 is 5.32 Å². The molecule has 4 rings (SSSR count). The average Bonchev–Trinajstić information content (AvgIpc) is 2.94. The van der Waals surface area contributed by atoms with Crippen LogP contribution >= 0.6 is 0 Å². The molecule has 0 spiro atoms. The first-order valence-corrected chi connectivity index (χ1v) is 8.01. The summed E-state index contributed by atoms with van der Waals surface area (Å²) >= 11 is 0. The third kappa shape index (κ3) is 2.52. The van der Waals surface area contributed by atoms with Gasteiger partial charge in [-0.15, -0.1) is 0 Å². The molecule has 1 aromatic heterocycles. The van der Waals surface area contributed by atoms with Crippen molar-refractivity contribution in [2.45, 2.75) is 19.3 Å². The average molecular weight is 335 g/mol. The number of aryl methyl sites for hydroxylation is 1. The smallest absolute Gasteiger partial charge is 0.226 e. The van der Waals surface area contributed by atoms with Gasteiger partial charge in [0.25, 0.3) is 0 Å². The van der Waals surface area contributed by atoms with Gasteiger partial charge < -0.3 is 15.5 Å². The van der Waals surface area contributed by atoms with Crippen LogP contribution in [0.2, 0.25) is 0 Å². The number of fused-ring (bicyclic) bond motifs is 1. The van der Waals surface area contributed by atoms with Crippen LogP contribution in [-0.2, 0) is 4.79 Å². The second-order valence-electron chi connectivity index (χ2n) is 6.15. The molecule has 0 saturated heterocycles. The number of amides is 1. The molecule has 25 heavy (non-hydrogen) atoms. The molecule has 1 aliphatic heterocycles. The highest BCUT2D eigenvalue weighted by molar-refractivity contribution is 5.95. The molecule has 0 bridgehead atoms. The second kappa shape index (κ2) is 5.66. The number of carbonyl (C=O) groups is 1. The number of benzene rings is 2. The molecule has 3 aromatic rings. The molecule has 2 heterocycles. The third-order valence-electron chi connectivity index (χ3n) is 4.51. The Morgan fingerprint density at radius 1 is 1.12 bits per heavy atom. The Kier molecular flexibility index (Phi) is 3.46. The minimum atomic E-state index is -0.229. The predicted octanol–water partition coefficient (Wildman–Crippen LogP) is 3.07. The molecule has 0 fully saturated rings. The van der Waals surface area contributed by atoms with Crippen LogP contribution in [0.5, 0.6) is 11.5 Å². The molecule has 0 aliphatic carbocycles. The Labute approximate surface area is 144 Å². The molecule has 0 radical (unpaired) electrons. The number of aromatic nitrogens is 2. The predicted molar refractivity (Wildman–Crippen MR) is 93.2 cm³/mol. The van der Waals surface area contributed by atoms with Gasteiger partial charge in [0.2, 0.25) is 5.91 Å². The van der Waals surface area contributed by atoms with Gasteiger partial charge in [-0.1, -0.05) is 24.3 Å². The third-order valence-corrected chi connectivity index (χ3v) is 4.51. The van der Waals surface area contributed by atoms with E-state index < -0.39 is 0 Å². The van der Waals surface area contributed by atoms with Crippen molar-refractivity contribution in [3.05, 3.63) is 65.4 Å². The number of anilines is 1. The summed E-state index contributed by atoms with van der Waals surface area (Å²) in [6.07, 6.45) is 0.262. The van der Waals surface area contributed by atoms with Gasteiger partial charge in [-0.3, -0.25) is 4.79 Å². The van der Waals surface area contributed by atoms with Gasteiger partial charge in [0.1, 0.15) is 5.82 Å². The van der Waals surface area contributed by atoms with Gasteiger partial charge in [-0.2, -0.15) is 5.10 Å². The van der Waals surface area contributed by atoms with E-state index in [-0.39, 0.29) is 29.7 Å². The first-order chi connectivity index (χ1) is 12.0. The molecular formula is C19H17N3O3. The Balaban J connectivity index is 1.88. The van der Waals surface area contributed by atoms with Crippen LogP contribution in [0.15, 0.2) is 48.5 Å². The quantitative estimate of drug-likeness (QED) is 0.628. The van der Waals surface area contributed by atoms with E-state index in [9.17, 15) is 15.0 Å². The van der Waals surface area contributed by atoms with E-state index in [1.54, 1.807) is 10.7 Å². The highest BCUT2D eigenvalue weighted by Crippen LogP contribution is 2.41. The van der Waals surface area contributed by atoms with Crippen molar-refractivity contribution >= 4 is 11.7 Å². The van der Waals surface area contributed by atoms with E-state index in [2.05, 4.69) is 10.4 Å². The summed E-state index contributed by atoms with van der Waals surface area (Å²) in [4.78, 5) is 12.3. The summed E-state index contributed by atoms with van der Waals surface area (Å²) < 4.78 is 1.73. The zero-order valence-electron chi connectivity index (χ0n) is 13.6. The molecule has 1 atom stereocenters. The summed E-state index contributed by atoms with van der Waals surface area (Å²) in [6, 6.07) is 14.3. The van der Waals surface area contributed by atoms with Crippen LogP contribution in [0, 0.1) is 6.92 Å². The van der Waals surface area contributed by atoms with E-state index in [4.69, 9.17) is 0 Å². The number of carbonyl (C=O) groups excluding carboxylic acids is 1. The maximum atomic E-state index is 12.3. The van der Waals surface area contributed by atoms with E-state index in [1.807, 2.05) is 37.3 Å². The molecule has 1 aliphatic rings. The topological polar surface area (TPSA) is 87.4 Å². The lowest BCUT2D eigenvalue weighted by Crippen LogP contribution is -2.24. The first kappa shape index (κ1) is 15.3. The molecule has 1 amide bonds. The zero-order chi connectivity index (χ0) is 17.6. The van der Waals surface area contributed by atoms with Gasteiger partial charge in [0.15, 0.2) is 11.5 Å². The van der Waals surface area contributed by atoms with Gasteiger partial charge in [0, 0.05) is 17.9 Å². The van der Waals surface area contributed by atoms with Gasteiger partial charge in [-0.05, 0) is 36.8 Å². The second-order valence-corrected chi connectivity index (χ2v) is 6.15. The summed E-state index contributed by atoms with van der Waals surface area (Å²) in [7, 11) is 0. The molecule has 3 N–H and O–H groups in total. The normalized spacial score (nSPS) is 16.4. The molecule has 2 aromatic carbocycles. The van der Waals surface area contributed by atoms with Crippen LogP contribution in [0.25, 0.3) is 5.69 Å². The molecule has 6 nitrogen and oxygen atoms in total. The molecular weight excluding hydrogens is 318 g/mol. The number of phenols is 2. The summed E-state index contributed by atoms with van der Waals surface area (Å²) in [6.45, 7) is 1.91. The fraction of sp³-hybridized carbons (Fsp3) is 0.158. The maximum absolute atomic E-state index is 12.3. The van der Waals surface area contributed by atoms with Crippen molar-refractivity contribution < 1.29 is 15.0 Å². The number of hydrogen-bond donors (Lipinski definition) is 3. The maximum Gasteiger partial charge on any atom is 0.226 e. The first-order valence-electron chi connectivity index (χ1n) is 8.01. The zero-order valence-corrected chi connectivity index (χ0v) is 13.6. The SMILES string of the molecule is Cc1nn(-c2ccccc2)c2c1[C@H](c1ccc(O)c(O)c1)CC(=O)N2. The van der Waals surface area contributed by atoms with Gasteiger partial charge in [0.05, 0.1) is 11.4 Å². The van der Waals surface area contributed by atoms with E-state index in [1.165, 1.54) is 12.1 Å². The number of rotatable bonds is 2. The largest absolute Gasteiger partial charge is 0.504 e. The standard InChI is InChI=1S/C19H17N3O3/c1-11-18-14(12-7-8-15(23)16(24)9-12)10-17(25)20-19(18)22(21-11)13-5-3-2-4-6-13/h2-9,14,23-24H,10H2,1H3,(H,20,25)/t14-/m0/s1. The Hall–Kier alpha value is -3.28. The van der Waals surface area contributed by atoms with Crippen molar-refractivity contribution in [1.82, 2.24) is 9.78 Å².